The quantitative estimate of drug-likeness (QED) is 0.614. The summed E-state index contributed by atoms with van der Waals surface area (Å²) in [4.78, 5) is 38.6. The summed E-state index contributed by atoms with van der Waals surface area (Å²) in [6.07, 6.45) is 0. The molecule has 0 saturated carbocycles. The van der Waals surface area contributed by atoms with Gasteiger partial charge in [-0.15, -0.1) is 5.43 Å². The first-order valence-corrected chi connectivity index (χ1v) is 6.67. The van der Waals surface area contributed by atoms with Crippen LogP contribution in [0.2, 0.25) is 0 Å². The van der Waals surface area contributed by atoms with Crippen molar-refractivity contribution >= 4 is 22.7 Å². The summed E-state index contributed by atoms with van der Waals surface area (Å²) in [5, 5.41) is 40.8. The van der Waals surface area contributed by atoms with Gasteiger partial charge in [-0.2, -0.15) is 0 Å². The number of nitro benzene ring substituents is 3. The second-order valence-corrected chi connectivity index (χ2v) is 4.62. The Bertz CT molecular complexity index is 820. The molecule has 13 heteroatoms. The van der Waals surface area contributed by atoms with Crippen LogP contribution in [-0.4, -0.2) is 19.8 Å². The minimum atomic E-state index is -0.917. The zero-order valence-corrected chi connectivity index (χ0v) is 13.1. The van der Waals surface area contributed by atoms with Crippen LogP contribution in [-0.2, 0) is 0 Å². The van der Waals surface area contributed by atoms with Crippen LogP contribution >= 0.6 is 0 Å². The summed E-state index contributed by atoms with van der Waals surface area (Å²) in [7, 11) is 0. The van der Waals surface area contributed by atoms with Gasteiger partial charge in [0, 0.05) is 0 Å². The fourth-order valence-electron chi connectivity index (χ4n) is 1.77. The molecule has 0 aliphatic carbocycles. The number of non-ortho nitro benzene ring substituents is 1. The fraction of sp³-hybridized carbons (Fsp3) is 0.0769. The minimum absolute atomic E-state index is 0.208. The minimum Gasteiger partial charge on any atom is -0.258 e. The first-order valence-electron chi connectivity index (χ1n) is 6.67. The number of nitrogens with one attached hydrogen (secondary N) is 1. The topological polar surface area (TPSA) is 185 Å². The van der Waals surface area contributed by atoms with Crippen molar-refractivity contribution in [1.82, 2.24) is 0 Å². The Morgan fingerprint density at radius 3 is 1.58 bits per heavy atom. The molecular formula is C13H11N5O8. The summed E-state index contributed by atoms with van der Waals surface area (Å²) in [6, 6.07) is 9.90. The first kappa shape index (κ1) is 19.9. The van der Waals surface area contributed by atoms with Gasteiger partial charge in [0.25, 0.3) is 17.1 Å². The second-order valence-electron chi connectivity index (χ2n) is 4.62. The van der Waals surface area contributed by atoms with Crippen molar-refractivity contribution < 1.29 is 19.8 Å². The molecule has 0 spiro atoms. The highest BCUT2D eigenvalue weighted by Gasteiger charge is 2.27. The largest absolute Gasteiger partial charge is 0.286 e. The molecule has 2 rings (SSSR count). The third-order valence-electron chi connectivity index (χ3n) is 2.94. The Kier molecular flexibility index (Phi) is 6.60. The van der Waals surface area contributed by atoms with Crippen molar-refractivity contribution in [2.75, 3.05) is 5.43 Å². The molecule has 0 radical (unpaired) electrons. The van der Waals surface area contributed by atoms with Crippen LogP contribution in [0.15, 0.2) is 42.5 Å². The molecule has 0 aliphatic heterocycles. The van der Waals surface area contributed by atoms with Gasteiger partial charge in [-0.25, -0.2) is 10.1 Å². The van der Waals surface area contributed by atoms with E-state index in [4.69, 9.17) is 0 Å². The smallest absolute Gasteiger partial charge is 0.258 e. The highest BCUT2D eigenvalue weighted by Crippen LogP contribution is 2.32. The second kappa shape index (κ2) is 8.62. The van der Waals surface area contributed by atoms with E-state index in [1.807, 2.05) is 5.43 Å². The van der Waals surface area contributed by atoms with Gasteiger partial charge in [0.1, 0.15) is 11.3 Å². The van der Waals surface area contributed by atoms with Crippen LogP contribution < -0.4 is 5.43 Å². The molecule has 0 bridgehead atoms. The van der Waals surface area contributed by atoms with Gasteiger partial charge in [-0.05, 0) is 19.1 Å². The maximum absolute atomic E-state index is 10.5. The Morgan fingerprint density at radius 1 is 0.769 bits per heavy atom. The molecule has 26 heavy (non-hydrogen) atoms. The van der Waals surface area contributed by atoms with Crippen molar-refractivity contribution in [3.63, 3.8) is 0 Å². The molecular weight excluding hydrogens is 354 g/mol. The molecule has 2 aromatic rings. The number of rotatable bonds is 5. The van der Waals surface area contributed by atoms with Crippen LogP contribution in [0.3, 0.4) is 0 Å². The predicted molar refractivity (Wildman–Crippen MR) is 88.2 cm³/mol. The van der Waals surface area contributed by atoms with Crippen LogP contribution in [0, 0.1) is 47.4 Å². The van der Waals surface area contributed by atoms with Gasteiger partial charge in [0.05, 0.1) is 26.9 Å². The third kappa shape index (κ3) is 5.48. The molecule has 0 aliphatic rings. The van der Waals surface area contributed by atoms with Crippen molar-refractivity contribution in [3.8, 4) is 0 Å². The van der Waals surface area contributed by atoms with E-state index < -0.39 is 36.9 Å². The zero-order valence-electron chi connectivity index (χ0n) is 13.1. The summed E-state index contributed by atoms with van der Waals surface area (Å²) in [6.45, 7) is 1.17. The Balaban J connectivity index is 0.000000289. The lowest BCUT2D eigenvalue weighted by molar-refractivity contribution is -0.445. The van der Waals surface area contributed by atoms with Gasteiger partial charge in [-0.1, -0.05) is 18.2 Å². The van der Waals surface area contributed by atoms with E-state index in [0.29, 0.717) is 17.8 Å². The third-order valence-corrected chi connectivity index (χ3v) is 2.94. The number of hydrogen-bond acceptors (Lipinski definition) is 8. The standard InChI is InChI=1S/C7H5N3O6.C6H6N2O2/c1-4-6(9(13)14)2-5(8(11)12)3-7(4)10(15)16;9-8(10)7-6-4-2-1-3-5-6/h2-3H,1H3;1-5,7H. The molecule has 0 heterocycles. The molecule has 13 nitrogen and oxygen atoms in total. The van der Waals surface area contributed by atoms with Crippen molar-refractivity contribution in [1.29, 1.82) is 0 Å². The van der Waals surface area contributed by atoms with Crippen LogP contribution in [0.4, 0.5) is 22.7 Å². The van der Waals surface area contributed by atoms with E-state index in [-0.39, 0.29) is 5.56 Å². The predicted octanol–water partition coefficient (Wildman–Crippen LogP) is 3.01. The molecule has 0 atom stereocenters. The summed E-state index contributed by atoms with van der Waals surface area (Å²) < 4.78 is 0. The molecule has 2 aromatic carbocycles. The lowest BCUT2D eigenvalue weighted by atomic mass is 10.1. The number of hydrogen-bond donors (Lipinski definition) is 1. The van der Waals surface area contributed by atoms with Crippen molar-refractivity contribution in [3.05, 3.63) is 88.5 Å². The van der Waals surface area contributed by atoms with Crippen LogP contribution in [0.1, 0.15) is 5.56 Å². The van der Waals surface area contributed by atoms with E-state index in [1.165, 1.54) is 6.92 Å². The van der Waals surface area contributed by atoms with Crippen LogP contribution in [0.25, 0.3) is 0 Å². The molecule has 0 unspecified atom stereocenters. The molecule has 0 saturated heterocycles. The average molecular weight is 365 g/mol. The number of para-hydroxylation sites is 1. The Morgan fingerprint density at radius 2 is 1.23 bits per heavy atom. The van der Waals surface area contributed by atoms with E-state index in [1.54, 1.807) is 30.3 Å². The SMILES string of the molecule is Cc1c([N+](=O)[O-])cc([N+](=O)[O-])cc1[N+](=O)[O-].O=[N+]([O-])Nc1ccccc1. The number of nitrogens with zero attached hydrogens (tertiary/aromatic N) is 4. The molecule has 136 valence electrons. The highest BCUT2D eigenvalue weighted by atomic mass is 16.7. The Labute approximate surface area is 144 Å². The van der Waals surface area contributed by atoms with E-state index in [0.717, 1.165) is 0 Å². The zero-order chi connectivity index (χ0) is 19.9. The maximum Gasteiger partial charge on any atom is 0.286 e. The molecule has 0 fully saturated rings. The monoisotopic (exact) mass is 365 g/mol. The number of anilines is 1. The average Bonchev–Trinajstić information content (AvgIpc) is 2.55. The van der Waals surface area contributed by atoms with Crippen LogP contribution in [0.5, 0.6) is 0 Å². The molecule has 0 amide bonds. The number of benzene rings is 2. The summed E-state index contributed by atoms with van der Waals surface area (Å²) in [5.41, 5.74) is 0.359. The first-order chi connectivity index (χ1) is 12.1. The van der Waals surface area contributed by atoms with Gasteiger partial charge in [-0.3, -0.25) is 30.3 Å². The van der Waals surface area contributed by atoms with E-state index >= 15 is 0 Å². The van der Waals surface area contributed by atoms with Crippen molar-refractivity contribution in [2.24, 2.45) is 0 Å². The maximum atomic E-state index is 10.5. The lowest BCUT2D eigenvalue weighted by Gasteiger charge is -1.99. The lowest BCUT2D eigenvalue weighted by Crippen LogP contribution is -2.06. The van der Waals surface area contributed by atoms with Gasteiger partial charge in [0.2, 0.25) is 0 Å². The van der Waals surface area contributed by atoms with Gasteiger partial charge >= 0.3 is 0 Å². The van der Waals surface area contributed by atoms with E-state index in [9.17, 15) is 40.5 Å². The molecule has 1 N–H and O–H groups in total. The molecule has 0 aromatic heterocycles. The number of hydrazine groups is 1. The Hall–Kier alpha value is -4.16. The fourth-order valence-corrected chi connectivity index (χ4v) is 1.77. The van der Waals surface area contributed by atoms with E-state index in [2.05, 4.69) is 0 Å². The highest BCUT2D eigenvalue weighted by molar-refractivity contribution is 5.59. The van der Waals surface area contributed by atoms with Gasteiger partial charge in [0.15, 0.2) is 5.03 Å². The summed E-state index contributed by atoms with van der Waals surface area (Å²) in [5.74, 6) is 0. The van der Waals surface area contributed by atoms with Crippen molar-refractivity contribution in [2.45, 2.75) is 6.92 Å². The summed E-state index contributed by atoms with van der Waals surface area (Å²) >= 11 is 0. The van der Waals surface area contributed by atoms with Gasteiger partial charge < -0.3 is 0 Å². The normalized spacial score (nSPS) is 9.42. The number of nitro groups is 4.